The van der Waals surface area contributed by atoms with E-state index in [1.54, 1.807) is 12.5 Å². The normalized spacial score (nSPS) is 25.1. The van der Waals surface area contributed by atoms with Gasteiger partial charge in [-0.2, -0.15) is 0 Å². The minimum Gasteiger partial charge on any atom is -0.373 e. The summed E-state index contributed by atoms with van der Waals surface area (Å²) in [6.07, 6.45) is 5.03. The maximum atomic E-state index is 10.7. The lowest BCUT2D eigenvalue weighted by Gasteiger charge is -2.16. The third kappa shape index (κ3) is 1.57. The maximum Gasteiger partial charge on any atom is 0.168 e. The molecule has 2 rings (SSSR count). The summed E-state index contributed by atoms with van der Waals surface area (Å²) < 4.78 is 7.50. The van der Waals surface area contributed by atoms with Crippen LogP contribution in [0, 0.1) is 0 Å². The van der Waals surface area contributed by atoms with E-state index in [1.807, 2.05) is 4.57 Å². The van der Waals surface area contributed by atoms with E-state index in [-0.39, 0.29) is 11.6 Å². The number of carbonyl (C=O) groups is 1. The average molecular weight is 194 g/mol. The second kappa shape index (κ2) is 3.20. The molecule has 0 aromatic carbocycles. The molecule has 0 N–H and O–H groups in total. The summed E-state index contributed by atoms with van der Waals surface area (Å²) in [6, 6.07) is 0.243. The zero-order chi connectivity index (χ0) is 10.2. The van der Waals surface area contributed by atoms with Crippen LogP contribution in [0.1, 0.15) is 36.8 Å². The van der Waals surface area contributed by atoms with Gasteiger partial charge in [-0.15, -0.1) is 0 Å². The van der Waals surface area contributed by atoms with E-state index in [0.29, 0.717) is 12.3 Å². The first-order valence-corrected chi connectivity index (χ1v) is 4.73. The lowest BCUT2D eigenvalue weighted by Crippen LogP contribution is -2.17. The third-order valence-corrected chi connectivity index (χ3v) is 2.60. The molecule has 0 bridgehead atoms. The van der Waals surface area contributed by atoms with Gasteiger partial charge < -0.3 is 9.30 Å². The monoisotopic (exact) mass is 194 g/mol. The summed E-state index contributed by atoms with van der Waals surface area (Å²) in [5, 5.41) is 0. The van der Waals surface area contributed by atoms with Crippen molar-refractivity contribution in [2.24, 2.45) is 0 Å². The number of aldehydes is 1. The van der Waals surface area contributed by atoms with Crippen LogP contribution in [0.15, 0.2) is 12.5 Å². The standard InChI is InChI=1S/C10H14N2O2/c1-10(2)3-8(6-14-10)12-7-11-4-9(12)5-13/h4-5,7-8H,3,6H2,1-2H3. The molecule has 1 aromatic heterocycles. The summed E-state index contributed by atoms with van der Waals surface area (Å²) in [5.74, 6) is 0. The highest BCUT2D eigenvalue weighted by Crippen LogP contribution is 2.32. The zero-order valence-corrected chi connectivity index (χ0v) is 8.43. The molecule has 1 aliphatic rings. The fourth-order valence-corrected chi connectivity index (χ4v) is 1.90. The summed E-state index contributed by atoms with van der Waals surface area (Å²) in [4.78, 5) is 14.7. The van der Waals surface area contributed by atoms with Crippen LogP contribution < -0.4 is 0 Å². The van der Waals surface area contributed by atoms with E-state index in [2.05, 4.69) is 18.8 Å². The molecule has 2 heterocycles. The van der Waals surface area contributed by atoms with Crippen LogP contribution in [0.5, 0.6) is 0 Å². The van der Waals surface area contributed by atoms with Crippen LogP contribution in [0.25, 0.3) is 0 Å². The Hall–Kier alpha value is -1.16. The van der Waals surface area contributed by atoms with Gasteiger partial charge in [-0.05, 0) is 20.3 Å². The number of carbonyl (C=O) groups excluding carboxylic acids is 1. The van der Waals surface area contributed by atoms with E-state index >= 15 is 0 Å². The van der Waals surface area contributed by atoms with Crippen molar-refractivity contribution in [3.8, 4) is 0 Å². The average Bonchev–Trinajstić information content (AvgIpc) is 2.70. The van der Waals surface area contributed by atoms with Crippen LogP contribution in [0.3, 0.4) is 0 Å². The molecule has 4 heteroatoms. The van der Waals surface area contributed by atoms with Crippen molar-refractivity contribution in [2.45, 2.75) is 31.9 Å². The maximum absolute atomic E-state index is 10.7. The third-order valence-electron chi connectivity index (χ3n) is 2.60. The van der Waals surface area contributed by atoms with Gasteiger partial charge in [0.1, 0.15) is 5.69 Å². The Bertz CT molecular complexity index is 344. The summed E-state index contributed by atoms with van der Waals surface area (Å²) in [6.45, 7) is 4.78. The van der Waals surface area contributed by atoms with Crippen molar-refractivity contribution >= 4 is 6.29 Å². The van der Waals surface area contributed by atoms with E-state index < -0.39 is 0 Å². The Morgan fingerprint density at radius 3 is 3.07 bits per heavy atom. The largest absolute Gasteiger partial charge is 0.373 e. The fraction of sp³-hybridized carbons (Fsp3) is 0.600. The molecule has 0 spiro atoms. The highest BCUT2D eigenvalue weighted by Gasteiger charge is 2.33. The molecule has 0 saturated carbocycles. The second-order valence-electron chi connectivity index (χ2n) is 4.27. The van der Waals surface area contributed by atoms with Gasteiger partial charge in [0, 0.05) is 0 Å². The fourth-order valence-electron chi connectivity index (χ4n) is 1.90. The molecule has 1 atom stereocenters. The predicted octanol–water partition coefficient (Wildman–Crippen LogP) is 1.44. The lowest BCUT2D eigenvalue weighted by atomic mass is 10.0. The minimum atomic E-state index is -0.0882. The SMILES string of the molecule is CC1(C)CC(n2cncc2C=O)CO1. The Kier molecular flexibility index (Phi) is 2.15. The van der Waals surface area contributed by atoms with Crippen molar-refractivity contribution in [1.29, 1.82) is 0 Å². The Balaban J connectivity index is 2.21. The van der Waals surface area contributed by atoms with Gasteiger partial charge in [0.25, 0.3) is 0 Å². The van der Waals surface area contributed by atoms with Crippen molar-refractivity contribution in [1.82, 2.24) is 9.55 Å². The number of aromatic nitrogens is 2. The molecular weight excluding hydrogens is 180 g/mol. The highest BCUT2D eigenvalue weighted by molar-refractivity contribution is 5.71. The van der Waals surface area contributed by atoms with Gasteiger partial charge >= 0.3 is 0 Å². The summed E-state index contributed by atoms with van der Waals surface area (Å²) >= 11 is 0. The molecule has 0 amide bonds. The van der Waals surface area contributed by atoms with Gasteiger partial charge in [-0.1, -0.05) is 0 Å². The van der Waals surface area contributed by atoms with Crippen LogP contribution in [0.4, 0.5) is 0 Å². The first-order chi connectivity index (χ1) is 6.62. The molecule has 1 saturated heterocycles. The van der Waals surface area contributed by atoms with E-state index in [4.69, 9.17) is 4.74 Å². The van der Waals surface area contributed by atoms with Crippen molar-refractivity contribution in [3.63, 3.8) is 0 Å². The molecule has 1 fully saturated rings. The first kappa shape index (κ1) is 9.40. The Morgan fingerprint density at radius 1 is 1.71 bits per heavy atom. The van der Waals surface area contributed by atoms with Gasteiger partial charge in [-0.3, -0.25) is 4.79 Å². The number of nitrogens with zero attached hydrogens (tertiary/aromatic N) is 2. The Morgan fingerprint density at radius 2 is 2.50 bits per heavy atom. The van der Waals surface area contributed by atoms with Crippen LogP contribution >= 0.6 is 0 Å². The number of imidazole rings is 1. The second-order valence-corrected chi connectivity index (χ2v) is 4.27. The molecule has 1 aliphatic heterocycles. The topological polar surface area (TPSA) is 44.1 Å². The molecular formula is C10H14N2O2. The molecule has 1 aromatic rings. The van der Waals surface area contributed by atoms with Gasteiger partial charge in [-0.25, -0.2) is 4.98 Å². The van der Waals surface area contributed by atoms with Gasteiger partial charge in [0.15, 0.2) is 6.29 Å². The molecule has 4 nitrogen and oxygen atoms in total. The van der Waals surface area contributed by atoms with Crippen LogP contribution in [0.2, 0.25) is 0 Å². The predicted molar refractivity (Wildman–Crippen MR) is 51.3 cm³/mol. The van der Waals surface area contributed by atoms with Crippen molar-refractivity contribution < 1.29 is 9.53 Å². The van der Waals surface area contributed by atoms with Crippen molar-refractivity contribution in [3.05, 3.63) is 18.2 Å². The molecule has 0 aliphatic carbocycles. The molecule has 76 valence electrons. The number of hydrogen-bond acceptors (Lipinski definition) is 3. The molecule has 14 heavy (non-hydrogen) atoms. The van der Waals surface area contributed by atoms with Gasteiger partial charge in [0.2, 0.25) is 0 Å². The summed E-state index contributed by atoms with van der Waals surface area (Å²) in [5.41, 5.74) is 0.533. The van der Waals surface area contributed by atoms with Gasteiger partial charge in [0.05, 0.1) is 30.8 Å². The quantitative estimate of drug-likeness (QED) is 0.669. The number of ether oxygens (including phenoxy) is 1. The van der Waals surface area contributed by atoms with E-state index in [0.717, 1.165) is 12.7 Å². The highest BCUT2D eigenvalue weighted by atomic mass is 16.5. The molecule has 0 radical (unpaired) electrons. The smallest absolute Gasteiger partial charge is 0.168 e. The Labute approximate surface area is 82.9 Å². The van der Waals surface area contributed by atoms with E-state index in [9.17, 15) is 4.79 Å². The van der Waals surface area contributed by atoms with E-state index in [1.165, 1.54) is 0 Å². The number of rotatable bonds is 2. The van der Waals surface area contributed by atoms with Crippen LogP contribution in [-0.4, -0.2) is 28.0 Å². The van der Waals surface area contributed by atoms with Crippen molar-refractivity contribution in [2.75, 3.05) is 6.61 Å². The molecule has 1 unspecified atom stereocenters. The summed E-state index contributed by atoms with van der Waals surface area (Å²) in [7, 11) is 0. The number of hydrogen-bond donors (Lipinski definition) is 0. The lowest BCUT2D eigenvalue weighted by molar-refractivity contribution is 0.0352. The first-order valence-electron chi connectivity index (χ1n) is 4.73. The zero-order valence-electron chi connectivity index (χ0n) is 8.43. The van der Waals surface area contributed by atoms with Crippen LogP contribution in [-0.2, 0) is 4.74 Å². The minimum absolute atomic E-state index is 0.0882.